The molecular formula is C32H44N2O3. The molecule has 0 saturated heterocycles. The van der Waals surface area contributed by atoms with Crippen LogP contribution in [0.3, 0.4) is 0 Å². The average molecular weight is 505 g/mol. The minimum Gasteiger partial charge on any atom is -0.497 e. The van der Waals surface area contributed by atoms with Gasteiger partial charge >= 0.3 is 0 Å². The third-order valence-electron chi connectivity index (χ3n) is 6.75. The number of hydrogen-bond acceptors (Lipinski definition) is 5. The molecule has 0 aliphatic rings. The van der Waals surface area contributed by atoms with Crippen molar-refractivity contribution >= 4 is 0 Å². The van der Waals surface area contributed by atoms with E-state index in [1.807, 2.05) is 18.2 Å². The Labute approximate surface area is 223 Å². The second kappa shape index (κ2) is 16.7. The molecule has 37 heavy (non-hydrogen) atoms. The number of aryl methyl sites for hydroxylation is 1. The largest absolute Gasteiger partial charge is 0.497 e. The van der Waals surface area contributed by atoms with E-state index < -0.39 is 0 Å². The molecule has 5 nitrogen and oxygen atoms in total. The van der Waals surface area contributed by atoms with Crippen LogP contribution in [0, 0.1) is 0 Å². The first-order chi connectivity index (χ1) is 18.2. The molecule has 2 N–H and O–H groups in total. The minimum atomic E-state index is 0.789. The van der Waals surface area contributed by atoms with Gasteiger partial charge in [0.05, 0.1) is 21.3 Å². The Kier molecular flexibility index (Phi) is 12.9. The summed E-state index contributed by atoms with van der Waals surface area (Å²) in [6, 6.07) is 23.2. The monoisotopic (exact) mass is 504 g/mol. The van der Waals surface area contributed by atoms with Crippen LogP contribution < -0.4 is 24.8 Å². The highest BCUT2D eigenvalue weighted by Crippen LogP contribution is 2.34. The molecule has 0 aliphatic carbocycles. The Morgan fingerprint density at radius 3 is 2.00 bits per heavy atom. The Balaban J connectivity index is 1.38. The molecule has 0 aliphatic heterocycles. The van der Waals surface area contributed by atoms with Gasteiger partial charge in [-0.1, -0.05) is 55.0 Å². The second-order valence-corrected chi connectivity index (χ2v) is 9.34. The van der Waals surface area contributed by atoms with E-state index in [9.17, 15) is 0 Å². The van der Waals surface area contributed by atoms with Gasteiger partial charge in [-0.25, -0.2) is 0 Å². The first-order valence-electron chi connectivity index (χ1n) is 13.6. The van der Waals surface area contributed by atoms with Crippen molar-refractivity contribution in [3.63, 3.8) is 0 Å². The van der Waals surface area contributed by atoms with Gasteiger partial charge in [-0.2, -0.15) is 0 Å². The predicted molar refractivity (Wildman–Crippen MR) is 153 cm³/mol. The Morgan fingerprint density at radius 2 is 1.30 bits per heavy atom. The fraction of sp³-hybridized carbons (Fsp3) is 0.438. The molecule has 0 radical (unpaired) electrons. The standard InChI is InChI=1S/C32H44N2O3/c1-35-29-14-10-13-27(25-29)15-17-30-28(16-18-31(36-2)32(30)37-3)20-24-34-22-9-5-8-21-33-23-19-26-11-6-4-7-12-26/h4,6-7,10-14,16,18,25,33-34H,5,8-9,15,17,19-24H2,1-3H3. The molecule has 0 bridgehead atoms. The number of benzene rings is 3. The summed E-state index contributed by atoms with van der Waals surface area (Å²) in [5.74, 6) is 2.53. The summed E-state index contributed by atoms with van der Waals surface area (Å²) in [6.45, 7) is 4.15. The number of nitrogens with one attached hydrogen (secondary N) is 2. The van der Waals surface area contributed by atoms with Crippen molar-refractivity contribution in [3.8, 4) is 17.2 Å². The van der Waals surface area contributed by atoms with Crippen LogP contribution in [0.4, 0.5) is 0 Å². The lowest BCUT2D eigenvalue weighted by Crippen LogP contribution is -2.21. The molecule has 200 valence electrons. The quantitative estimate of drug-likeness (QED) is 0.220. The zero-order valence-electron chi connectivity index (χ0n) is 22.9. The maximum absolute atomic E-state index is 5.79. The van der Waals surface area contributed by atoms with E-state index in [0.29, 0.717) is 0 Å². The van der Waals surface area contributed by atoms with E-state index in [-0.39, 0.29) is 0 Å². The summed E-state index contributed by atoms with van der Waals surface area (Å²) in [6.07, 6.45) is 7.54. The Bertz CT molecular complexity index is 1040. The van der Waals surface area contributed by atoms with Gasteiger partial charge in [0.2, 0.25) is 0 Å². The molecule has 0 spiro atoms. The van der Waals surface area contributed by atoms with Crippen LogP contribution in [0.15, 0.2) is 66.7 Å². The lowest BCUT2D eigenvalue weighted by Gasteiger charge is -2.17. The Morgan fingerprint density at radius 1 is 0.568 bits per heavy atom. The van der Waals surface area contributed by atoms with Crippen LogP contribution in [0.1, 0.15) is 41.5 Å². The lowest BCUT2D eigenvalue weighted by molar-refractivity contribution is 0.351. The van der Waals surface area contributed by atoms with Gasteiger partial charge in [0.1, 0.15) is 5.75 Å². The molecule has 3 rings (SSSR count). The fourth-order valence-corrected chi connectivity index (χ4v) is 4.66. The molecule has 0 fully saturated rings. The van der Waals surface area contributed by atoms with E-state index in [1.165, 1.54) is 41.5 Å². The molecule has 0 unspecified atom stereocenters. The lowest BCUT2D eigenvalue weighted by atomic mass is 9.96. The first kappa shape index (κ1) is 28.5. The van der Waals surface area contributed by atoms with Gasteiger partial charge in [-0.3, -0.25) is 0 Å². The van der Waals surface area contributed by atoms with Gasteiger partial charge < -0.3 is 24.8 Å². The van der Waals surface area contributed by atoms with Gasteiger partial charge in [0, 0.05) is 5.56 Å². The van der Waals surface area contributed by atoms with Crippen molar-refractivity contribution in [3.05, 3.63) is 89.0 Å². The van der Waals surface area contributed by atoms with Gasteiger partial charge in [-0.15, -0.1) is 0 Å². The van der Waals surface area contributed by atoms with E-state index in [2.05, 4.69) is 59.2 Å². The second-order valence-electron chi connectivity index (χ2n) is 9.34. The van der Waals surface area contributed by atoms with Crippen LogP contribution in [-0.2, 0) is 25.7 Å². The topological polar surface area (TPSA) is 51.8 Å². The minimum absolute atomic E-state index is 0.789. The number of rotatable bonds is 18. The van der Waals surface area contributed by atoms with Crippen molar-refractivity contribution in [1.82, 2.24) is 10.6 Å². The maximum Gasteiger partial charge on any atom is 0.164 e. The SMILES string of the molecule is COc1cccc(CCc2c(CCNCCCCCNCCc3ccccc3)ccc(OC)c2OC)c1. The molecule has 3 aromatic carbocycles. The zero-order chi connectivity index (χ0) is 26.1. The normalized spacial score (nSPS) is 10.9. The molecule has 0 amide bonds. The van der Waals surface area contributed by atoms with E-state index in [1.54, 1.807) is 21.3 Å². The van der Waals surface area contributed by atoms with E-state index >= 15 is 0 Å². The highest BCUT2D eigenvalue weighted by molar-refractivity contribution is 5.51. The van der Waals surface area contributed by atoms with Crippen LogP contribution in [0.5, 0.6) is 17.2 Å². The Hall–Kier alpha value is -3.02. The van der Waals surface area contributed by atoms with Crippen LogP contribution in [-0.4, -0.2) is 47.5 Å². The smallest absolute Gasteiger partial charge is 0.164 e. The van der Waals surface area contributed by atoms with E-state index in [0.717, 1.165) is 69.1 Å². The summed E-state index contributed by atoms with van der Waals surface area (Å²) in [5.41, 5.74) is 5.20. The molecule has 0 atom stereocenters. The van der Waals surface area contributed by atoms with Crippen molar-refractivity contribution in [2.75, 3.05) is 47.5 Å². The first-order valence-corrected chi connectivity index (χ1v) is 13.6. The summed E-state index contributed by atoms with van der Waals surface area (Å²) < 4.78 is 16.8. The van der Waals surface area contributed by atoms with Crippen molar-refractivity contribution in [2.45, 2.75) is 44.9 Å². The molecular weight excluding hydrogens is 460 g/mol. The molecule has 5 heteroatoms. The number of unbranched alkanes of at least 4 members (excludes halogenated alkanes) is 2. The van der Waals surface area contributed by atoms with Crippen LogP contribution >= 0.6 is 0 Å². The van der Waals surface area contributed by atoms with Crippen LogP contribution in [0.25, 0.3) is 0 Å². The van der Waals surface area contributed by atoms with Crippen molar-refractivity contribution < 1.29 is 14.2 Å². The number of ether oxygens (including phenoxy) is 3. The molecule has 0 aromatic heterocycles. The van der Waals surface area contributed by atoms with Crippen molar-refractivity contribution in [2.24, 2.45) is 0 Å². The molecule has 3 aromatic rings. The van der Waals surface area contributed by atoms with Crippen LogP contribution in [0.2, 0.25) is 0 Å². The highest BCUT2D eigenvalue weighted by atomic mass is 16.5. The average Bonchev–Trinajstić information content (AvgIpc) is 2.95. The maximum atomic E-state index is 5.79. The van der Waals surface area contributed by atoms with Gasteiger partial charge in [0.25, 0.3) is 0 Å². The summed E-state index contributed by atoms with van der Waals surface area (Å²) in [5, 5.41) is 7.20. The summed E-state index contributed by atoms with van der Waals surface area (Å²) in [7, 11) is 5.13. The fourth-order valence-electron chi connectivity index (χ4n) is 4.66. The molecule has 0 heterocycles. The summed E-state index contributed by atoms with van der Waals surface area (Å²) >= 11 is 0. The third kappa shape index (κ3) is 9.75. The number of methoxy groups -OCH3 is 3. The zero-order valence-corrected chi connectivity index (χ0v) is 22.9. The van der Waals surface area contributed by atoms with E-state index in [4.69, 9.17) is 14.2 Å². The third-order valence-corrected chi connectivity index (χ3v) is 6.75. The van der Waals surface area contributed by atoms with Crippen molar-refractivity contribution in [1.29, 1.82) is 0 Å². The van der Waals surface area contributed by atoms with Gasteiger partial charge in [0.15, 0.2) is 11.5 Å². The van der Waals surface area contributed by atoms with Gasteiger partial charge in [-0.05, 0) is 99.6 Å². The highest BCUT2D eigenvalue weighted by Gasteiger charge is 2.15. The summed E-state index contributed by atoms with van der Waals surface area (Å²) in [4.78, 5) is 0. The predicted octanol–water partition coefficient (Wildman–Crippen LogP) is 5.63. The molecule has 0 saturated carbocycles. The number of hydrogen-bond donors (Lipinski definition) is 2.